The maximum atomic E-state index is 12.9. The van der Waals surface area contributed by atoms with E-state index < -0.39 is 18.0 Å². The summed E-state index contributed by atoms with van der Waals surface area (Å²) in [5, 5.41) is 5.87. The Labute approximate surface area is 178 Å². The number of rotatable bonds is 6. The lowest BCUT2D eigenvalue weighted by Crippen LogP contribution is -2.30. The van der Waals surface area contributed by atoms with Crippen LogP contribution in [-0.4, -0.2) is 29.7 Å². The Morgan fingerprint density at radius 2 is 1.67 bits per heavy atom. The average Bonchev–Trinajstić information content (AvgIpc) is 3.05. The molecule has 0 bridgehead atoms. The molecule has 0 saturated carbocycles. The summed E-state index contributed by atoms with van der Waals surface area (Å²) >= 11 is 1.40. The van der Waals surface area contributed by atoms with Crippen molar-refractivity contribution in [3.8, 4) is 0 Å². The molecule has 0 unspecified atom stereocenters. The molecule has 8 heteroatoms. The molecule has 158 valence electrons. The largest absolute Gasteiger partial charge is 0.449 e. The van der Waals surface area contributed by atoms with Crippen LogP contribution in [0.4, 0.5) is 10.7 Å². The van der Waals surface area contributed by atoms with E-state index >= 15 is 0 Å². The minimum Gasteiger partial charge on any atom is -0.449 e. The standard InChI is InChI=1S/C22H24N2O5S/c1-12(25)15-8-10-16(11-9-15)24-20(27)13(2)29-22(28)19-17-6-4-5-7-18(17)30-21(19)23-14(3)26/h8-11,13H,4-7H2,1-3H3,(H,23,26)(H,24,27)/t13-/m0/s1. The molecule has 2 amide bonds. The van der Waals surface area contributed by atoms with Gasteiger partial charge in [-0.2, -0.15) is 0 Å². The summed E-state index contributed by atoms with van der Waals surface area (Å²) in [5.74, 6) is -1.43. The van der Waals surface area contributed by atoms with Gasteiger partial charge in [0.25, 0.3) is 5.91 Å². The Morgan fingerprint density at radius 3 is 2.30 bits per heavy atom. The number of thiophene rings is 1. The molecule has 0 spiro atoms. The highest BCUT2D eigenvalue weighted by atomic mass is 32.1. The normalized spacial score (nSPS) is 13.7. The highest BCUT2D eigenvalue weighted by Gasteiger charge is 2.29. The summed E-state index contributed by atoms with van der Waals surface area (Å²) in [7, 11) is 0. The second-order valence-corrected chi connectivity index (χ2v) is 8.37. The lowest BCUT2D eigenvalue weighted by atomic mass is 9.95. The fourth-order valence-corrected chi connectivity index (χ4v) is 4.66. The van der Waals surface area contributed by atoms with Gasteiger partial charge in [-0.05, 0) is 69.4 Å². The number of Topliss-reactive ketones (excluding diaryl/α,β-unsaturated/α-hetero) is 1. The Hall–Kier alpha value is -3.00. The molecule has 1 aliphatic carbocycles. The monoisotopic (exact) mass is 428 g/mol. The Bertz CT molecular complexity index is 994. The highest BCUT2D eigenvalue weighted by molar-refractivity contribution is 7.17. The molecule has 1 atom stereocenters. The van der Waals surface area contributed by atoms with Crippen LogP contribution in [0, 0.1) is 0 Å². The van der Waals surface area contributed by atoms with Crippen molar-refractivity contribution in [2.24, 2.45) is 0 Å². The Morgan fingerprint density at radius 1 is 1.00 bits per heavy atom. The van der Waals surface area contributed by atoms with Crippen LogP contribution in [0.2, 0.25) is 0 Å². The zero-order valence-electron chi connectivity index (χ0n) is 17.2. The van der Waals surface area contributed by atoms with Crippen molar-refractivity contribution in [2.75, 3.05) is 10.6 Å². The zero-order chi connectivity index (χ0) is 21.8. The topological polar surface area (TPSA) is 102 Å². The van der Waals surface area contributed by atoms with Gasteiger partial charge in [0.2, 0.25) is 5.91 Å². The number of benzene rings is 1. The van der Waals surface area contributed by atoms with Gasteiger partial charge in [0.15, 0.2) is 11.9 Å². The highest BCUT2D eigenvalue weighted by Crippen LogP contribution is 2.38. The summed E-state index contributed by atoms with van der Waals surface area (Å²) in [5.41, 5.74) is 2.31. The number of carbonyl (C=O) groups excluding carboxylic acids is 4. The van der Waals surface area contributed by atoms with Gasteiger partial charge in [-0.25, -0.2) is 4.79 Å². The fourth-order valence-electron chi connectivity index (χ4n) is 3.33. The van der Waals surface area contributed by atoms with E-state index in [1.54, 1.807) is 24.3 Å². The number of hydrogen-bond acceptors (Lipinski definition) is 6. The zero-order valence-corrected chi connectivity index (χ0v) is 18.0. The molecule has 2 aromatic rings. The Balaban J connectivity index is 1.72. The van der Waals surface area contributed by atoms with Crippen LogP contribution < -0.4 is 10.6 Å². The lowest BCUT2D eigenvalue weighted by Gasteiger charge is -2.16. The van der Waals surface area contributed by atoms with Gasteiger partial charge < -0.3 is 15.4 Å². The molecule has 0 saturated heterocycles. The molecule has 3 rings (SSSR count). The molecule has 1 aromatic carbocycles. The molecule has 0 fully saturated rings. The van der Waals surface area contributed by atoms with E-state index in [2.05, 4.69) is 10.6 Å². The van der Waals surface area contributed by atoms with E-state index in [4.69, 9.17) is 4.74 Å². The first-order valence-corrected chi connectivity index (χ1v) is 10.6. The summed E-state index contributed by atoms with van der Waals surface area (Å²) in [4.78, 5) is 49.3. The maximum Gasteiger partial charge on any atom is 0.342 e. The van der Waals surface area contributed by atoms with Crippen LogP contribution in [-0.2, 0) is 27.2 Å². The Kier molecular flexibility index (Phi) is 6.66. The van der Waals surface area contributed by atoms with E-state index in [0.29, 0.717) is 21.8 Å². The third-order valence-corrected chi connectivity index (χ3v) is 6.08. The lowest BCUT2D eigenvalue weighted by molar-refractivity contribution is -0.123. The molecule has 2 N–H and O–H groups in total. The van der Waals surface area contributed by atoms with Crippen molar-refractivity contribution in [2.45, 2.75) is 52.6 Å². The van der Waals surface area contributed by atoms with Crippen LogP contribution in [0.1, 0.15) is 64.8 Å². The minimum atomic E-state index is -1.03. The van der Waals surface area contributed by atoms with Crippen LogP contribution >= 0.6 is 11.3 Å². The average molecular weight is 429 g/mol. The van der Waals surface area contributed by atoms with Gasteiger partial charge in [0, 0.05) is 23.1 Å². The summed E-state index contributed by atoms with van der Waals surface area (Å²) in [6.07, 6.45) is 2.60. The predicted octanol–water partition coefficient (Wildman–Crippen LogP) is 3.97. The predicted molar refractivity (Wildman–Crippen MR) is 115 cm³/mol. The first-order valence-electron chi connectivity index (χ1n) is 9.81. The molecular formula is C22H24N2O5S. The van der Waals surface area contributed by atoms with Gasteiger partial charge in [0.1, 0.15) is 5.00 Å². The number of ether oxygens (including phenoxy) is 1. The number of aryl methyl sites for hydroxylation is 1. The molecule has 0 aliphatic heterocycles. The molecular weight excluding hydrogens is 404 g/mol. The minimum absolute atomic E-state index is 0.0655. The second-order valence-electron chi connectivity index (χ2n) is 7.27. The van der Waals surface area contributed by atoms with Gasteiger partial charge >= 0.3 is 5.97 Å². The second kappa shape index (κ2) is 9.21. The first kappa shape index (κ1) is 21.7. The number of anilines is 2. The maximum absolute atomic E-state index is 12.9. The van der Waals surface area contributed by atoms with Gasteiger partial charge in [-0.1, -0.05) is 0 Å². The molecule has 1 heterocycles. The quantitative estimate of drug-likeness (QED) is 0.535. The molecule has 1 aliphatic rings. The van der Waals surface area contributed by atoms with Crippen LogP contribution in [0.5, 0.6) is 0 Å². The summed E-state index contributed by atoms with van der Waals surface area (Å²) < 4.78 is 5.43. The summed E-state index contributed by atoms with van der Waals surface area (Å²) in [6.45, 7) is 4.35. The molecule has 7 nitrogen and oxygen atoms in total. The van der Waals surface area contributed by atoms with Crippen molar-refractivity contribution in [1.29, 1.82) is 0 Å². The number of ketones is 1. The van der Waals surface area contributed by atoms with Crippen LogP contribution in [0.25, 0.3) is 0 Å². The third-order valence-electron chi connectivity index (χ3n) is 4.88. The van der Waals surface area contributed by atoms with E-state index in [9.17, 15) is 19.2 Å². The third kappa shape index (κ3) is 4.94. The molecule has 0 radical (unpaired) electrons. The van der Waals surface area contributed by atoms with Crippen LogP contribution in [0.3, 0.4) is 0 Å². The van der Waals surface area contributed by atoms with Gasteiger partial charge in [0.05, 0.1) is 5.56 Å². The molecule has 1 aromatic heterocycles. The van der Waals surface area contributed by atoms with Crippen LogP contribution in [0.15, 0.2) is 24.3 Å². The van der Waals surface area contributed by atoms with E-state index in [-0.39, 0.29) is 11.7 Å². The van der Waals surface area contributed by atoms with E-state index in [1.165, 1.54) is 32.1 Å². The fraction of sp³-hybridized carbons (Fsp3) is 0.364. The SMILES string of the molecule is CC(=O)Nc1sc2c(c1C(=O)O[C@@H](C)C(=O)Nc1ccc(C(C)=O)cc1)CCCC2. The van der Waals surface area contributed by atoms with Crippen molar-refractivity contribution in [3.63, 3.8) is 0 Å². The number of amides is 2. The van der Waals surface area contributed by atoms with E-state index in [0.717, 1.165) is 36.1 Å². The first-order chi connectivity index (χ1) is 14.3. The van der Waals surface area contributed by atoms with Gasteiger partial charge in [-0.3, -0.25) is 14.4 Å². The number of carbonyl (C=O) groups is 4. The van der Waals surface area contributed by atoms with E-state index in [1.807, 2.05) is 0 Å². The summed E-state index contributed by atoms with van der Waals surface area (Å²) in [6, 6.07) is 6.47. The van der Waals surface area contributed by atoms with Crippen molar-refractivity contribution >= 4 is 45.6 Å². The number of fused-ring (bicyclic) bond motifs is 1. The van der Waals surface area contributed by atoms with Crippen molar-refractivity contribution in [1.82, 2.24) is 0 Å². The number of hydrogen-bond donors (Lipinski definition) is 2. The van der Waals surface area contributed by atoms with Crippen molar-refractivity contribution < 1.29 is 23.9 Å². The van der Waals surface area contributed by atoms with Crippen molar-refractivity contribution in [3.05, 3.63) is 45.8 Å². The number of esters is 1. The molecule has 30 heavy (non-hydrogen) atoms. The van der Waals surface area contributed by atoms with Gasteiger partial charge in [-0.15, -0.1) is 11.3 Å². The smallest absolute Gasteiger partial charge is 0.342 e. The number of nitrogens with one attached hydrogen (secondary N) is 2.